The molecule has 1 aromatic carbocycles. The maximum atomic E-state index is 13.9. The van der Waals surface area contributed by atoms with E-state index in [0.717, 1.165) is 30.5 Å². The molecule has 1 aliphatic rings. The van der Waals surface area contributed by atoms with Gasteiger partial charge in [-0.1, -0.05) is 12.1 Å². The van der Waals surface area contributed by atoms with Gasteiger partial charge in [-0.3, -0.25) is 9.89 Å². The molecule has 2 aromatic heterocycles. The van der Waals surface area contributed by atoms with E-state index in [-0.39, 0.29) is 17.8 Å². The van der Waals surface area contributed by atoms with Crippen molar-refractivity contribution >= 4 is 16.8 Å². The molecular weight excluding hydrogens is 307 g/mol. The van der Waals surface area contributed by atoms with Crippen LogP contribution in [0.4, 0.5) is 4.39 Å². The largest absolute Gasteiger partial charge is 0.348 e. The standard InChI is InChI=1S/C18H19FN4O/c1-11-10-20-22-16(11)15-7-2-3-8-23(15)18(24)14-9-12-5-4-6-13(19)17(12)21-14/h4-6,9-10,15,21H,2-3,7-8H2,1H3,(H,20,22)/t15-/m0/s1. The number of nitrogens with zero attached hydrogens (tertiary/aromatic N) is 2. The predicted molar refractivity (Wildman–Crippen MR) is 89.2 cm³/mol. The first-order valence-corrected chi connectivity index (χ1v) is 8.23. The number of halogens is 1. The molecule has 1 amide bonds. The first-order chi connectivity index (χ1) is 11.6. The number of hydrogen-bond acceptors (Lipinski definition) is 2. The van der Waals surface area contributed by atoms with E-state index >= 15 is 0 Å². The van der Waals surface area contributed by atoms with Crippen molar-refractivity contribution in [3.05, 3.63) is 53.2 Å². The number of hydrogen-bond donors (Lipinski definition) is 2. The van der Waals surface area contributed by atoms with E-state index in [1.165, 1.54) is 6.07 Å². The van der Waals surface area contributed by atoms with Gasteiger partial charge < -0.3 is 9.88 Å². The number of aromatic nitrogens is 3. The monoisotopic (exact) mass is 326 g/mol. The predicted octanol–water partition coefficient (Wildman–Crippen LogP) is 3.71. The van der Waals surface area contributed by atoms with Crippen molar-refractivity contribution in [2.24, 2.45) is 0 Å². The minimum absolute atomic E-state index is 0.00925. The lowest BCUT2D eigenvalue weighted by Gasteiger charge is -2.35. The molecule has 0 radical (unpaired) electrons. The lowest BCUT2D eigenvalue weighted by molar-refractivity contribution is 0.0600. The SMILES string of the molecule is Cc1cn[nH]c1[C@@H]1CCCCN1C(=O)c1cc2cccc(F)c2[nH]1. The van der Waals surface area contributed by atoms with Crippen molar-refractivity contribution in [2.75, 3.05) is 6.54 Å². The number of H-pyrrole nitrogens is 2. The van der Waals surface area contributed by atoms with Crippen LogP contribution in [0.15, 0.2) is 30.5 Å². The van der Waals surface area contributed by atoms with Gasteiger partial charge in [0.05, 0.1) is 23.4 Å². The van der Waals surface area contributed by atoms with E-state index in [9.17, 15) is 9.18 Å². The first-order valence-electron chi connectivity index (χ1n) is 8.23. The van der Waals surface area contributed by atoms with E-state index in [4.69, 9.17) is 0 Å². The number of aryl methyl sites for hydroxylation is 1. The molecule has 2 N–H and O–H groups in total. The normalized spacial score (nSPS) is 18.2. The average Bonchev–Trinajstić information content (AvgIpc) is 3.21. The molecule has 124 valence electrons. The molecule has 3 heterocycles. The summed E-state index contributed by atoms with van der Waals surface area (Å²) >= 11 is 0. The van der Waals surface area contributed by atoms with E-state index in [1.807, 2.05) is 11.8 Å². The fourth-order valence-corrected chi connectivity index (χ4v) is 3.56. The summed E-state index contributed by atoms with van der Waals surface area (Å²) < 4.78 is 13.9. The third kappa shape index (κ3) is 2.38. The molecule has 3 aromatic rings. The van der Waals surface area contributed by atoms with Crippen LogP contribution in [0.3, 0.4) is 0 Å². The Labute approximate surface area is 138 Å². The molecule has 0 bridgehead atoms. The van der Waals surface area contributed by atoms with Crippen molar-refractivity contribution in [3.8, 4) is 0 Å². The summed E-state index contributed by atoms with van der Waals surface area (Å²) in [6.07, 6.45) is 4.74. The van der Waals surface area contributed by atoms with Gasteiger partial charge in [0, 0.05) is 11.9 Å². The summed E-state index contributed by atoms with van der Waals surface area (Å²) in [4.78, 5) is 17.9. The molecule has 5 nitrogen and oxygen atoms in total. The van der Waals surface area contributed by atoms with E-state index in [2.05, 4.69) is 15.2 Å². The molecular formula is C18H19FN4O. The Morgan fingerprint density at radius 3 is 3.00 bits per heavy atom. The highest BCUT2D eigenvalue weighted by molar-refractivity contribution is 5.98. The highest BCUT2D eigenvalue weighted by atomic mass is 19.1. The number of likely N-dealkylation sites (tertiary alicyclic amines) is 1. The fourth-order valence-electron chi connectivity index (χ4n) is 3.56. The number of piperidine rings is 1. The van der Waals surface area contributed by atoms with Crippen LogP contribution >= 0.6 is 0 Å². The van der Waals surface area contributed by atoms with E-state index < -0.39 is 0 Å². The van der Waals surface area contributed by atoms with E-state index in [1.54, 1.807) is 24.4 Å². The van der Waals surface area contributed by atoms with Gasteiger partial charge in [-0.2, -0.15) is 5.10 Å². The van der Waals surface area contributed by atoms with Crippen LogP contribution in [0.5, 0.6) is 0 Å². The second kappa shape index (κ2) is 5.78. The van der Waals surface area contributed by atoms with E-state index in [0.29, 0.717) is 23.1 Å². The molecule has 1 fully saturated rings. The van der Waals surface area contributed by atoms with Gasteiger partial charge in [-0.05, 0) is 43.9 Å². The Kier molecular flexibility index (Phi) is 3.59. The summed E-state index contributed by atoms with van der Waals surface area (Å²) in [6.45, 7) is 2.69. The number of aromatic amines is 2. The summed E-state index contributed by atoms with van der Waals surface area (Å²) in [5.74, 6) is -0.435. The Hall–Kier alpha value is -2.63. The maximum Gasteiger partial charge on any atom is 0.270 e. The van der Waals surface area contributed by atoms with Crippen LogP contribution in [0.2, 0.25) is 0 Å². The number of rotatable bonds is 2. The van der Waals surface area contributed by atoms with Crippen LogP contribution in [-0.4, -0.2) is 32.5 Å². The smallest absolute Gasteiger partial charge is 0.270 e. The van der Waals surface area contributed by atoms with Crippen molar-refractivity contribution < 1.29 is 9.18 Å². The molecule has 0 spiro atoms. The van der Waals surface area contributed by atoms with Crippen molar-refractivity contribution in [3.63, 3.8) is 0 Å². The van der Waals surface area contributed by atoms with Crippen LogP contribution in [0.25, 0.3) is 10.9 Å². The molecule has 1 saturated heterocycles. The Balaban J connectivity index is 1.70. The average molecular weight is 326 g/mol. The number of benzene rings is 1. The minimum Gasteiger partial charge on any atom is -0.348 e. The van der Waals surface area contributed by atoms with Gasteiger partial charge in [-0.15, -0.1) is 0 Å². The van der Waals surface area contributed by atoms with Gasteiger partial charge in [0.25, 0.3) is 5.91 Å². The second-order valence-corrected chi connectivity index (χ2v) is 6.36. The molecule has 0 saturated carbocycles. The zero-order valence-electron chi connectivity index (χ0n) is 13.5. The Bertz CT molecular complexity index is 897. The summed E-state index contributed by atoms with van der Waals surface area (Å²) in [7, 11) is 0. The van der Waals surface area contributed by atoms with Crippen LogP contribution in [0.1, 0.15) is 47.1 Å². The lowest BCUT2D eigenvalue weighted by Crippen LogP contribution is -2.39. The van der Waals surface area contributed by atoms with Crippen molar-refractivity contribution in [2.45, 2.75) is 32.2 Å². The molecule has 4 rings (SSSR count). The summed E-state index contributed by atoms with van der Waals surface area (Å²) in [5.41, 5.74) is 2.86. The van der Waals surface area contributed by atoms with Crippen LogP contribution in [0, 0.1) is 12.7 Å². The number of carbonyl (C=O) groups is 1. The molecule has 0 aliphatic carbocycles. The third-order valence-electron chi connectivity index (χ3n) is 4.80. The first kappa shape index (κ1) is 14.9. The van der Waals surface area contributed by atoms with Crippen molar-refractivity contribution in [1.82, 2.24) is 20.1 Å². The number of para-hydroxylation sites is 1. The molecule has 6 heteroatoms. The summed E-state index contributed by atoms with van der Waals surface area (Å²) in [5, 5.41) is 7.84. The molecule has 1 atom stereocenters. The number of nitrogens with one attached hydrogen (secondary N) is 2. The fraction of sp³-hybridized carbons (Fsp3) is 0.333. The Morgan fingerprint density at radius 1 is 1.38 bits per heavy atom. The van der Waals surface area contributed by atoms with Gasteiger partial charge in [-0.25, -0.2) is 4.39 Å². The van der Waals surface area contributed by atoms with Crippen molar-refractivity contribution in [1.29, 1.82) is 0 Å². The number of fused-ring (bicyclic) bond motifs is 1. The third-order valence-corrected chi connectivity index (χ3v) is 4.80. The highest BCUT2D eigenvalue weighted by Gasteiger charge is 2.31. The Morgan fingerprint density at radius 2 is 2.25 bits per heavy atom. The van der Waals surface area contributed by atoms with Gasteiger partial charge >= 0.3 is 0 Å². The lowest BCUT2D eigenvalue weighted by atomic mass is 9.97. The zero-order chi connectivity index (χ0) is 16.7. The molecule has 1 aliphatic heterocycles. The topological polar surface area (TPSA) is 64.8 Å². The van der Waals surface area contributed by atoms with Gasteiger partial charge in [0.1, 0.15) is 11.5 Å². The highest BCUT2D eigenvalue weighted by Crippen LogP contribution is 2.33. The van der Waals surface area contributed by atoms with Gasteiger partial charge in [0.2, 0.25) is 0 Å². The summed E-state index contributed by atoms with van der Waals surface area (Å²) in [6, 6.07) is 6.57. The zero-order valence-corrected chi connectivity index (χ0v) is 13.5. The quantitative estimate of drug-likeness (QED) is 0.754. The molecule has 24 heavy (non-hydrogen) atoms. The van der Waals surface area contributed by atoms with Crippen LogP contribution < -0.4 is 0 Å². The van der Waals surface area contributed by atoms with Crippen LogP contribution in [-0.2, 0) is 0 Å². The second-order valence-electron chi connectivity index (χ2n) is 6.36. The number of carbonyl (C=O) groups excluding carboxylic acids is 1. The number of amides is 1. The minimum atomic E-state index is -0.342. The maximum absolute atomic E-state index is 13.9. The van der Waals surface area contributed by atoms with Gasteiger partial charge in [0.15, 0.2) is 0 Å². The molecule has 0 unspecified atom stereocenters.